The van der Waals surface area contributed by atoms with E-state index in [0.717, 1.165) is 11.3 Å². The highest BCUT2D eigenvalue weighted by Crippen LogP contribution is 2.14. The number of carbonyl (C=O) groups excluding carboxylic acids is 2. The number of benzene rings is 1. The van der Waals surface area contributed by atoms with Gasteiger partial charge in [-0.2, -0.15) is 0 Å². The van der Waals surface area contributed by atoms with Gasteiger partial charge < -0.3 is 16.4 Å². The van der Waals surface area contributed by atoms with Gasteiger partial charge in [-0.1, -0.05) is 18.2 Å². The van der Waals surface area contributed by atoms with Crippen LogP contribution in [0.1, 0.15) is 12.0 Å². The van der Waals surface area contributed by atoms with Crippen molar-refractivity contribution in [2.45, 2.75) is 13.0 Å². The fraction of sp³-hybridized carbons (Fsp3) is 0.429. The molecule has 1 aliphatic heterocycles. The van der Waals surface area contributed by atoms with E-state index in [1.54, 1.807) is 0 Å². The molecule has 1 heterocycles. The standard InChI is InChI=1S/C14H20N4O2/c15-9-11-3-1-2-4-12(11)17-14(20)10-18-7-5-13(19)16-6-8-18/h1-4H,5-10,15H2,(H,16,19)(H,17,20). The van der Waals surface area contributed by atoms with E-state index in [9.17, 15) is 9.59 Å². The molecule has 2 rings (SSSR count). The minimum absolute atomic E-state index is 0.0429. The summed E-state index contributed by atoms with van der Waals surface area (Å²) in [5.74, 6) is -0.0402. The Hall–Kier alpha value is -1.92. The number of rotatable bonds is 4. The molecule has 1 saturated heterocycles. The molecular formula is C14H20N4O2. The van der Waals surface area contributed by atoms with Gasteiger partial charge in [-0.25, -0.2) is 0 Å². The third-order valence-electron chi connectivity index (χ3n) is 3.28. The van der Waals surface area contributed by atoms with Gasteiger partial charge >= 0.3 is 0 Å². The van der Waals surface area contributed by atoms with Crippen molar-refractivity contribution >= 4 is 17.5 Å². The molecule has 4 N–H and O–H groups in total. The summed E-state index contributed by atoms with van der Waals surface area (Å²) in [5.41, 5.74) is 7.30. The van der Waals surface area contributed by atoms with Gasteiger partial charge in [0.2, 0.25) is 11.8 Å². The maximum absolute atomic E-state index is 12.0. The molecule has 1 aliphatic rings. The highest BCUT2D eigenvalue weighted by Gasteiger charge is 2.16. The van der Waals surface area contributed by atoms with Crippen molar-refractivity contribution in [3.8, 4) is 0 Å². The number of nitrogens with two attached hydrogens (primary N) is 1. The van der Waals surface area contributed by atoms with Crippen LogP contribution in [0.2, 0.25) is 0 Å². The van der Waals surface area contributed by atoms with Gasteiger partial charge in [-0.05, 0) is 11.6 Å². The van der Waals surface area contributed by atoms with Gasteiger partial charge in [0, 0.05) is 38.3 Å². The predicted molar refractivity (Wildman–Crippen MR) is 77.0 cm³/mol. The van der Waals surface area contributed by atoms with Gasteiger partial charge in [0.25, 0.3) is 0 Å². The topological polar surface area (TPSA) is 87.5 Å². The van der Waals surface area contributed by atoms with Crippen molar-refractivity contribution in [1.29, 1.82) is 0 Å². The van der Waals surface area contributed by atoms with E-state index in [1.165, 1.54) is 0 Å². The molecule has 0 aromatic heterocycles. The van der Waals surface area contributed by atoms with Crippen molar-refractivity contribution in [3.63, 3.8) is 0 Å². The molecule has 0 aliphatic carbocycles. The Labute approximate surface area is 118 Å². The van der Waals surface area contributed by atoms with Crippen LogP contribution in [0.3, 0.4) is 0 Å². The fourth-order valence-corrected chi connectivity index (χ4v) is 2.18. The molecule has 1 aromatic carbocycles. The Balaban J connectivity index is 1.90. The average molecular weight is 276 g/mol. The largest absolute Gasteiger partial charge is 0.355 e. The first-order valence-electron chi connectivity index (χ1n) is 6.76. The molecular weight excluding hydrogens is 256 g/mol. The predicted octanol–water partition coefficient (Wildman–Crippen LogP) is -0.0943. The Morgan fingerprint density at radius 1 is 1.35 bits per heavy atom. The first-order chi connectivity index (χ1) is 9.69. The van der Waals surface area contributed by atoms with Gasteiger partial charge in [0.1, 0.15) is 0 Å². The lowest BCUT2D eigenvalue weighted by molar-refractivity contribution is -0.121. The zero-order chi connectivity index (χ0) is 14.4. The first kappa shape index (κ1) is 14.5. The molecule has 2 amide bonds. The van der Waals surface area contributed by atoms with Crippen LogP contribution in [0.15, 0.2) is 24.3 Å². The van der Waals surface area contributed by atoms with Crippen LogP contribution in [0.4, 0.5) is 5.69 Å². The zero-order valence-electron chi connectivity index (χ0n) is 11.4. The molecule has 0 unspecified atom stereocenters. The second-order valence-corrected chi connectivity index (χ2v) is 4.79. The number of nitrogens with zero attached hydrogens (tertiary/aromatic N) is 1. The summed E-state index contributed by atoms with van der Waals surface area (Å²) in [6, 6.07) is 7.49. The van der Waals surface area contributed by atoms with E-state index in [2.05, 4.69) is 10.6 Å². The Morgan fingerprint density at radius 2 is 2.15 bits per heavy atom. The van der Waals surface area contributed by atoms with E-state index in [0.29, 0.717) is 32.6 Å². The number of amides is 2. The summed E-state index contributed by atoms with van der Waals surface area (Å²) in [6.45, 7) is 2.56. The van der Waals surface area contributed by atoms with E-state index in [-0.39, 0.29) is 18.4 Å². The summed E-state index contributed by atoms with van der Waals surface area (Å²) in [7, 11) is 0. The molecule has 0 atom stereocenters. The normalized spacial score (nSPS) is 16.4. The maximum atomic E-state index is 12.0. The molecule has 6 nitrogen and oxygen atoms in total. The lowest BCUT2D eigenvalue weighted by Crippen LogP contribution is -2.35. The number of anilines is 1. The van der Waals surface area contributed by atoms with Crippen LogP contribution < -0.4 is 16.4 Å². The van der Waals surface area contributed by atoms with Crippen LogP contribution in [-0.4, -0.2) is 42.9 Å². The number of hydrogen-bond acceptors (Lipinski definition) is 4. The maximum Gasteiger partial charge on any atom is 0.238 e. The number of hydrogen-bond donors (Lipinski definition) is 3. The van der Waals surface area contributed by atoms with E-state index in [1.807, 2.05) is 29.2 Å². The Morgan fingerprint density at radius 3 is 2.95 bits per heavy atom. The van der Waals surface area contributed by atoms with Crippen molar-refractivity contribution in [1.82, 2.24) is 10.2 Å². The Kier molecular flexibility index (Phi) is 5.09. The molecule has 0 saturated carbocycles. The summed E-state index contributed by atoms with van der Waals surface area (Å²) in [5, 5.41) is 5.66. The average Bonchev–Trinajstić information content (AvgIpc) is 2.64. The monoisotopic (exact) mass is 276 g/mol. The summed E-state index contributed by atoms with van der Waals surface area (Å²) < 4.78 is 0. The third kappa shape index (κ3) is 4.04. The second kappa shape index (κ2) is 7.02. The highest BCUT2D eigenvalue weighted by molar-refractivity contribution is 5.93. The van der Waals surface area contributed by atoms with Gasteiger partial charge in [-0.3, -0.25) is 14.5 Å². The zero-order valence-corrected chi connectivity index (χ0v) is 11.4. The van der Waals surface area contributed by atoms with E-state index in [4.69, 9.17) is 5.73 Å². The molecule has 0 radical (unpaired) electrons. The lowest BCUT2D eigenvalue weighted by Gasteiger charge is -2.18. The number of carbonyl (C=O) groups is 2. The van der Waals surface area contributed by atoms with Gasteiger partial charge in [-0.15, -0.1) is 0 Å². The molecule has 20 heavy (non-hydrogen) atoms. The smallest absolute Gasteiger partial charge is 0.238 e. The minimum atomic E-state index is -0.0831. The summed E-state index contributed by atoms with van der Waals surface area (Å²) >= 11 is 0. The van der Waals surface area contributed by atoms with Crippen LogP contribution in [0.5, 0.6) is 0 Å². The van der Waals surface area contributed by atoms with E-state index >= 15 is 0 Å². The van der Waals surface area contributed by atoms with Gasteiger partial charge in [0.05, 0.1) is 6.54 Å². The SMILES string of the molecule is NCc1ccccc1NC(=O)CN1CCNC(=O)CC1. The summed E-state index contributed by atoms with van der Waals surface area (Å²) in [4.78, 5) is 25.3. The Bertz CT molecular complexity index is 490. The van der Waals surface area contributed by atoms with Crippen molar-refractivity contribution in [2.24, 2.45) is 5.73 Å². The number of nitrogens with one attached hydrogen (secondary N) is 2. The minimum Gasteiger partial charge on any atom is -0.355 e. The molecule has 0 spiro atoms. The third-order valence-corrected chi connectivity index (χ3v) is 3.28. The summed E-state index contributed by atoms with van der Waals surface area (Å²) in [6.07, 6.45) is 0.437. The quantitative estimate of drug-likeness (QED) is 0.717. The van der Waals surface area contributed by atoms with Crippen molar-refractivity contribution in [3.05, 3.63) is 29.8 Å². The lowest BCUT2D eigenvalue weighted by atomic mass is 10.2. The van der Waals surface area contributed by atoms with Crippen molar-refractivity contribution in [2.75, 3.05) is 31.5 Å². The molecule has 1 aromatic rings. The van der Waals surface area contributed by atoms with E-state index < -0.39 is 0 Å². The molecule has 6 heteroatoms. The van der Waals surface area contributed by atoms with Crippen LogP contribution in [0.25, 0.3) is 0 Å². The molecule has 1 fully saturated rings. The molecule has 108 valence electrons. The van der Waals surface area contributed by atoms with Crippen LogP contribution in [0, 0.1) is 0 Å². The number of para-hydroxylation sites is 1. The first-order valence-corrected chi connectivity index (χ1v) is 6.76. The fourth-order valence-electron chi connectivity index (χ4n) is 2.18. The highest BCUT2D eigenvalue weighted by atomic mass is 16.2. The second-order valence-electron chi connectivity index (χ2n) is 4.79. The van der Waals surface area contributed by atoms with Crippen LogP contribution in [-0.2, 0) is 16.1 Å². The van der Waals surface area contributed by atoms with Crippen LogP contribution >= 0.6 is 0 Å². The van der Waals surface area contributed by atoms with Gasteiger partial charge in [0.15, 0.2) is 0 Å². The van der Waals surface area contributed by atoms with Crippen molar-refractivity contribution < 1.29 is 9.59 Å². The molecule has 0 bridgehead atoms.